The van der Waals surface area contributed by atoms with Crippen molar-refractivity contribution in [1.82, 2.24) is 9.97 Å². The number of rotatable bonds is 3. The minimum atomic E-state index is -4.94. The summed E-state index contributed by atoms with van der Waals surface area (Å²) in [5, 5.41) is 0. The van der Waals surface area contributed by atoms with Crippen molar-refractivity contribution >= 4 is 28.0 Å². The summed E-state index contributed by atoms with van der Waals surface area (Å²) in [5.74, 6) is -0.223. The van der Waals surface area contributed by atoms with Crippen LogP contribution in [0.15, 0.2) is 84.9 Å². The SMILES string of the molecule is Cc1cc(-c2ccccc2)cc(C)[n+]1NC(=O)c1cccc2nc3ccccc3nc12.[O-][Cl+3]([O-])([O-])[O-]. The van der Waals surface area contributed by atoms with Crippen LogP contribution in [0.4, 0.5) is 0 Å². The first-order valence-corrected chi connectivity index (χ1v) is 12.0. The third kappa shape index (κ3) is 5.98. The first-order chi connectivity index (χ1) is 17.1. The summed E-state index contributed by atoms with van der Waals surface area (Å²) in [6.07, 6.45) is 0. The molecule has 0 aliphatic heterocycles. The maximum Gasteiger partial charge on any atom is 0.307 e. The zero-order chi connectivity index (χ0) is 25.9. The predicted molar refractivity (Wildman–Crippen MR) is 122 cm³/mol. The number of fused-ring (bicyclic) bond motifs is 2. The number of halogens is 1. The number of amides is 1. The predicted octanol–water partition coefficient (Wildman–Crippen LogP) is -0.0178. The molecule has 0 atom stereocenters. The maximum absolute atomic E-state index is 13.2. The molecule has 0 unspecified atom stereocenters. The van der Waals surface area contributed by atoms with Crippen molar-refractivity contribution in [1.29, 1.82) is 0 Å². The second kappa shape index (κ2) is 10.3. The first-order valence-electron chi connectivity index (χ1n) is 10.8. The monoisotopic (exact) mass is 504 g/mol. The van der Waals surface area contributed by atoms with E-state index in [-0.39, 0.29) is 5.91 Å². The highest BCUT2D eigenvalue weighted by Crippen LogP contribution is 2.21. The van der Waals surface area contributed by atoms with E-state index in [1.54, 1.807) is 6.07 Å². The molecule has 2 aromatic heterocycles. The molecule has 2 heterocycles. The van der Waals surface area contributed by atoms with Crippen LogP contribution >= 0.6 is 0 Å². The van der Waals surface area contributed by atoms with E-state index in [9.17, 15) is 4.79 Å². The van der Waals surface area contributed by atoms with Crippen molar-refractivity contribution in [2.24, 2.45) is 0 Å². The van der Waals surface area contributed by atoms with Gasteiger partial charge in [0.15, 0.2) is 0 Å². The maximum atomic E-state index is 13.2. The lowest BCUT2D eigenvalue weighted by atomic mass is 10.1. The van der Waals surface area contributed by atoms with Gasteiger partial charge in [0.05, 0.1) is 22.1 Å². The molecule has 0 radical (unpaired) electrons. The molecule has 0 aliphatic rings. The van der Waals surface area contributed by atoms with Crippen molar-refractivity contribution in [2.75, 3.05) is 5.43 Å². The molecule has 1 N–H and O–H groups in total. The summed E-state index contributed by atoms with van der Waals surface area (Å²) >= 11 is 0. The summed E-state index contributed by atoms with van der Waals surface area (Å²) in [7, 11) is -4.94. The van der Waals surface area contributed by atoms with Gasteiger partial charge in [0.1, 0.15) is 5.52 Å². The number of benzene rings is 3. The Labute approximate surface area is 208 Å². The molecule has 0 bridgehead atoms. The van der Waals surface area contributed by atoms with Crippen LogP contribution < -0.4 is 28.7 Å². The molecule has 0 saturated heterocycles. The number of hydrogen-bond acceptors (Lipinski definition) is 7. The van der Waals surface area contributed by atoms with Crippen LogP contribution in [-0.2, 0) is 0 Å². The third-order valence-corrected chi connectivity index (χ3v) is 5.37. The van der Waals surface area contributed by atoms with Gasteiger partial charge >= 0.3 is 5.91 Å². The molecular formula is C26H21ClN4O5. The summed E-state index contributed by atoms with van der Waals surface area (Å²) in [6, 6.07) is 27.5. The van der Waals surface area contributed by atoms with Gasteiger partial charge < -0.3 is 0 Å². The molecular weight excluding hydrogens is 484 g/mol. The molecule has 0 fully saturated rings. The first kappa shape index (κ1) is 25.1. The van der Waals surface area contributed by atoms with E-state index < -0.39 is 10.2 Å². The molecule has 10 heteroatoms. The van der Waals surface area contributed by atoms with E-state index in [0.717, 1.165) is 33.5 Å². The van der Waals surface area contributed by atoms with Gasteiger partial charge in [0.25, 0.3) is 0 Å². The molecule has 0 aliphatic carbocycles. The van der Waals surface area contributed by atoms with Gasteiger partial charge in [-0.1, -0.05) is 53.2 Å². The largest absolute Gasteiger partial charge is 0.307 e. The Hall–Kier alpha value is -3.99. The van der Waals surface area contributed by atoms with Crippen LogP contribution in [0.1, 0.15) is 21.7 Å². The lowest BCUT2D eigenvalue weighted by Gasteiger charge is -2.17. The highest BCUT2D eigenvalue weighted by molar-refractivity contribution is 6.08. The van der Waals surface area contributed by atoms with Gasteiger partial charge in [0, 0.05) is 26.0 Å². The minimum Gasteiger partial charge on any atom is -0.263 e. The lowest BCUT2D eigenvalue weighted by molar-refractivity contribution is -2.00. The molecule has 182 valence electrons. The van der Waals surface area contributed by atoms with E-state index in [0.29, 0.717) is 16.6 Å². The van der Waals surface area contributed by atoms with Crippen molar-refractivity contribution < 1.29 is 38.3 Å². The standard InChI is InChI=1S/C26H20N4O.ClHO4/c1-17-15-20(19-9-4-3-5-10-19)16-18(2)30(17)29-26(31)21-11-8-14-24-25(21)28-23-13-7-6-12-22(23)27-24;2-1(3,4)5/h3-16H,1-2H3;(H,2,3,4,5). The number of carbonyl (C=O) groups excluding carboxylic acids is 1. The molecule has 3 aromatic carbocycles. The Kier molecular flexibility index (Phi) is 7.20. The van der Waals surface area contributed by atoms with Gasteiger partial charge in [-0.3, -0.25) is 4.79 Å². The average molecular weight is 505 g/mol. The normalized spacial score (nSPS) is 11.2. The number of carbonyl (C=O) groups is 1. The van der Waals surface area contributed by atoms with E-state index >= 15 is 0 Å². The lowest BCUT2D eigenvalue weighted by Crippen LogP contribution is -2.68. The van der Waals surface area contributed by atoms with E-state index in [1.165, 1.54) is 0 Å². The number of aryl methyl sites for hydroxylation is 2. The Morgan fingerprint density at radius 2 is 1.25 bits per heavy atom. The van der Waals surface area contributed by atoms with E-state index in [4.69, 9.17) is 23.6 Å². The zero-order valence-electron chi connectivity index (χ0n) is 19.3. The molecule has 9 nitrogen and oxygen atoms in total. The van der Waals surface area contributed by atoms with Crippen LogP contribution in [0.5, 0.6) is 0 Å². The number of pyridine rings is 1. The van der Waals surface area contributed by atoms with E-state index in [2.05, 4.69) is 34.7 Å². The minimum absolute atomic E-state index is 0.223. The van der Waals surface area contributed by atoms with Gasteiger partial charge in [-0.15, -0.1) is 15.7 Å². The van der Waals surface area contributed by atoms with Crippen molar-refractivity contribution in [3.63, 3.8) is 0 Å². The second-order valence-corrected chi connectivity index (χ2v) is 8.69. The van der Waals surface area contributed by atoms with Crippen molar-refractivity contribution in [3.05, 3.63) is 102 Å². The summed E-state index contributed by atoms with van der Waals surface area (Å²) in [5.41, 5.74) is 10.5. The Morgan fingerprint density at radius 3 is 1.86 bits per heavy atom. The van der Waals surface area contributed by atoms with E-state index in [1.807, 2.05) is 73.1 Å². The highest BCUT2D eigenvalue weighted by atomic mass is 35.7. The molecule has 0 saturated carbocycles. The van der Waals surface area contributed by atoms with Crippen LogP contribution in [0.3, 0.4) is 0 Å². The van der Waals surface area contributed by atoms with Gasteiger partial charge in [-0.05, 0) is 35.4 Å². The fourth-order valence-corrected chi connectivity index (χ4v) is 3.86. The Balaban J connectivity index is 0.000000556. The Morgan fingerprint density at radius 1 is 0.722 bits per heavy atom. The highest BCUT2D eigenvalue weighted by Gasteiger charge is 2.20. The summed E-state index contributed by atoms with van der Waals surface area (Å²) < 4.78 is 35.8. The van der Waals surface area contributed by atoms with Crippen LogP contribution in [-0.4, -0.2) is 15.9 Å². The number of hydrogen-bond donors (Lipinski definition) is 1. The van der Waals surface area contributed by atoms with Gasteiger partial charge in [0.2, 0.25) is 11.4 Å². The van der Waals surface area contributed by atoms with Gasteiger partial charge in [-0.25, -0.2) is 28.6 Å². The molecule has 5 aromatic rings. The smallest absolute Gasteiger partial charge is 0.263 e. The molecule has 5 rings (SSSR count). The van der Waals surface area contributed by atoms with Crippen molar-refractivity contribution in [3.8, 4) is 11.1 Å². The molecule has 36 heavy (non-hydrogen) atoms. The third-order valence-electron chi connectivity index (χ3n) is 5.37. The Bertz CT molecular complexity index is 1530. The van der Waals surface area contributed by atoms with Crippen LogP contribution in [0.2, 0.25) is 0 Å². The number of aromatic nitrogens is 3. The summed E-state index contributed by atoms with van der Waals surface area (Å²) in [6.45, 7) is 3.96. The quantitative estimate of drug-likeness (QED) is 0.268. The second-order valence-electron chi connectivity index (χ2n) is 7.93. The van der Waals surface area contributed by atoms with Crippen LogP contribution in [0, 0.1) is 24.1 Å². The number of nitrogens with one attached hydrogen (secondary N) is 1. The zero-order valence-corrected chi connectivity index (χ0v) is 20.1. The van der Waals surface area contributed by atoms with Crippen molar-refractivity contribution in [2.45, 2.75) is 13.8 Å². The number of nitrogens with zero attached hydrogens (tertiary/aromatic N) is 3. The summed E-state index contributed by atoms with van der Waals surface area (Å²) in [4.78, 5) is 22.6. The van der Waals surface area contributed by atoms with Gasteiger partial charge in [-0.2, -0.15) is 0 Å². The molecule has 1 amide bonds. The van der Waals surface area contributed by atoms with Crippen LogP contribution in [0.25, 0.3) is 33.2 Å². The average Bonchev–Trinajstić information content (AvgIpc) is 2.84. The topological polar surface area (TPSA) is 151 Å². The molecule has 0 spiro atoms. The number of para-hydroxylation sites is 3. The fourth-order valence-electron chi connectivity index (χ4n) is 3.86. The fraction of sp³-hybridized carbons (Fsp3) is 0.0769.